The van der Waals surface area contributed by atoms with E-state index < -0.39 is 10.1 Å². The number of ketones is 1. The standard InChI is InChI=1S/C31H37N3O5S/c1-22-6-3-4-7-28(22)29(21-30(33-36)26-13-16-32-23(2)20-26)24-9-11-27(12-10-24)34-17-14-25(15-18-34)31(35)8-5-19-40(37,38)39/h3-4,6-7,9-13,16,20,25,29,36H,5,8,14-15,17-19,21H2,1-2H3,(H,37,38,39)/b33-30+/t29-/m1/s1. The fourth-order valence-electron chi connectivity index (χ4n) is 5.53. The van der Waals surface area contributed by atoms with Crippen LogP contribution >= 0.6 is 0 Å². The number of aryl methyl sites for hydroxylation is 2. The predicted molar refractivity (Wildman–Crippen MR) is 157 cm³/mol. The van der Waals surface area contributed by atoms with Gasteiger partial charge in [0.15, 0.2) is 0 Å². The summed E-state index contributed by atoms with van der Waals surface area (Å²) in [5, 5.41) is 13.6. The van der Waals surface area contributed by atoms with E-state index in [1.165, 1.54) is 11.1 Å². The number of rotatable bonds is 11. The number of hydrogen-bond donors (Lipinski definition) is 2. The van der Waals surface area contributed by atoms with Crippen LogP contribution in [0.3, 0.4) is 0 Å². The lowest BCUT2D eigenvalue weighted by Crippen LogP contribution is -2.36. The SMILES string of the molecule is Cc1cc(/C(C[C@H](c2ccc(N3CCC(C(=O)CCCS(=O)(=O)O)CC3)cc2)c2ccccc2C)=N/O)ccn1. The number of Topliss-reactive ketones (excluding diaryl/α,β-unsaturated/α-hetero) is 1. The number of carbonyl (C=O) groups is 1. The van der Waals surface area contributed by atoms with Gasteiger partial charge >= 0.3 is 0 Å². The van der Waals surface area contributed by atoms with E-state index in [4.69, 9.17) is 4.55 Å². The summed E-state index contributed by atoms with van der Waals surface area (Å²) >= 11 is 0. The molecule has 0 unspecified atom stereocenters. The first-order valence-electron chi connectivity index (χ1n) is 13.7. The molecule has 1 atom stereocenters. The van der Waals surface area contributed by atoms with Crippen LogP contribution in [0, 0.1) is 19.8 Å². The van der Waals surface area contributed by atoms with Crippen LogP contribution in [0.15, 0.2) is 72.0 Å². The first-order valence-corrected chi connectivity index (χ1v) is 15.3. The van der Waals surface area contributed by atoms with Gasteiger partial charge in [0, 0.05) is 60.9 Å². The first-order chi connectivity index (χ1) is 19.1. The van der Waals surface area contributed by atoms with Crippen molar-refractivity contribution in [3.63, 3.8) is 0 Å². The van der Waals surface area contributed by atoms with Gasteiger partial charge < -0.3 is 10.1 Å². The Balaban J connectivity index is 1.47. The van der Waals surface area contributed by atoms with Gasteiger partial charge in [-0.25, -0.2) is 0 Å². The topological polar surface area (TPSA) is 120 Å². The third kappa shape index (κ3) is 7.76. The van der Waals surface area contributed by atoms with Gasteiger partial charge in [0.05, 0.1) is 11.5 Å². The van der Waals surface area contributed by atoms with Crippen molar-refractivity contribution in [3.8, 4) is 0 Å². The highest BCUT2D eigenvalue weighted by atomic mass is 32.2. The normalized spacial score (nSPS) is 15.7. The van der Waals surface area contributed by atoms with Crippen LogP contribution in [0.1, 0.15) is 66.0 Å². The molecule has 2 aromatic carbocycles. The third-order valence-electron chi connectivity index (χ3n) is 7.75. The molecule has 0 saturated carbocycles. The number of benzene rings is 2. The van der Waals surface area contributed by atoms with Gasteiger partial charge in [-0.3, -0.25) is 14.3 Å². The van der Waals surface area contributed by atoms with Crippen molar-refractivity contribution in [2.45, 2.75) is 51.9 Å². The van der Waals surface area contributed by atoms with Crippen LogP contribution in [0.25, 0.3) is 0 Å². The van der Waals surface area contributed by atoms with Crippen LogP contribution in [0.4, 0.5) is 5.69 Å². The largest absolute Gasteiger partial charge is 0.411 e. The Hall–Kier alpha value is -3.56. The fraction of sp³-hybridized carbons (Fsp3) is 0.387. The molecule has 9 heteroatoms. The van der Waals surface area contributed by atoms with Gasteiger partial charge in [-0.15, -0.1) is 0 Å². The highest BCUT2D eigenvalue weighted by Gasteiger charge is 2.26. The highest BCUT2D eigenvalue weighted by Crippen LogP contribution is 2.34. The summed E-state index contributed by atoms with van der Waals surface area (Å²) in [7, 11) is -4.03. The lowest BCUT2D eigenvalue weighted by atomic mass is 9.83. The summed E-state index contributed by atoms with van der Waals surface area (Å²) in [5.74, 6) is -0.386. The van der Waals surface area contributed by atoms with E-state index in [0.717, 1.165) is 48.4 Å². The van der Waals surface area contributed by atoms with Crippen molar-refractivity contribution >= 4 is 27.3 Å². The summed E-state index contributed by atoms with van der Waals surface area (Å²) in [6.45, 7) is 5.51. The van der Waals surface area contributed by atoms with E-state index in [1.54, 1.807) is 6.20 Å². The number of pyridine rings is 1. The van der Waals surface area contributed by atoms with Crippen molar-refractivity contribution < 1.29 is 23.0 Å². The molecular formula is C31H37N3O5S. The molecule has 4 rings (SSSR count). The number of aromatic nitrogens is 1. The molecule has 40 heavy (non-hydrogen) atoms. The average Bonchev–Trinajstić information content (AvgIpc) is 2.94. The van der Waals surface area contributed by atoms with E-state index in [9.17, 15) is 18.4 Å². The quantitative estimate of drug-likeness (QED) is 0.136. The zero-order chi connectivity index (χ0) is 28.7. The summed E-state index contributed by atoms with van der Waals surface area (Å²) in [5.41, 5.74) is 6.86. The molecule has 8 nitrogen and oxygen atoms in total. The van der Waals surface area contributed by atoms with Crippen molar-refractivity contribution in [2.24, 2.45) is 11.1 Å². The molecule has 1 fully saturated rings. The minimum Gasteiger partial charge on any atom is -0.411 e. The number of carbonyl (C=O) groups excluding carboxylic acids is 1. The van der Waals surface area contributed by atoms with Gasteiger partial charge in [-0.1, -0.05) is 41.6 Å². The lowest BCUT2D eigenvalue weighted by Gasteiger charge is -2.33. The molecule has 0 amide bonds. The minimum atomic E-state index is -4.03. The van der Waals surface area contributed by atoms with Gasteiger partial charge in [-0.2, -0.15) is 8.42 Å². The van der Waals surface area contributed by atoms with Crippen molar-refractivity contribution in [3.05, 3.63) is 94.8 Å². The Morgan fingerprint density at radius 3 is 2.40 bits per heavy atom. The molecule has 2 N–H and O–H groups in total. The Morgan fingerprint density at radius 1 is 1.07 bits per heavy atom. The van der Waals surface area contributed by atoms with Gasteiger partial charge in [-0.05, 0) is 74.1 Å². The van der Waals surface area contributed by atoms with E-state index >= 15 is 0 Å². The molecule has 0 spiro atoms. The van der Waals surface area contributed by atoms with Crippen molar-refractivity contribution in [1.29, 1.82) is 0 Å². The first kappa shape index (κ1) is 29.4. The third-order valence-corrected chi connectivity index (χ3v) is 8.55. The van der Waals surface area contributed by atoms with Gasteiger partial charge in [0.2, 0.25) is 0 Å². The number of hydrogen-bond acceptors (Lipinski definition) is 7. The Bertz CT molecular complexity index is 1450. The number of oxime groups is 1. The predicted octanol–water partition coefficient (Wildman–Crippen LogP) is 5.55. The van der Waals surface area contributed by atoms with Gasteiger partial charge in [0.1, 0.15) is 5.78 Å². The maximum Gasteiger partial charge on any atom is 0.264 e. The van der Waals surface area contributed by atoms with Crippen LogP contribution in [0.5, 0.6) is 0 Å². The van der Waals surface area contributed by atoms with Crippen molar-refractivity contribution in [1.82, 2.24) is 4.98 Å². The maximum absolute atomic E-state index is 12.5. The van der Waals surface area contributed by atoms with E-state index in [1.807, 2.05) is 31.2 Å². The summed E-state index contributed by atoms with van der Waals surface area (Å²) < 4.78 is 30.7. The molecule has 212 valence electrons. The number of nitrogens with zero attached hydrogens (tertiary/aromatic N) is 3. The Labute approximate surface area is 236 Å². The fourth-order valence-corrected chi connectivity index (χ4v) is 6.04. The summed E-state index contributed by atoms with van der Waals surface area (Å²) in [6.07, 6.45) is 4.03. The van der Waals surface area contributed by atoms with Crippen LogP contribution in [0.2, 0.25) is 0 Å². The van der Waals surface area contributed by atoms with Crippen LogP contribution < -0.4 is 4.90 Å². The van der Waals surface area contributed by atoms with Crippen molar-refractivity contribution in [2.75, 3.05) is 23.7 Å². The summed E-state index contributed by atoms with van der Waals surface area (Å²) in [6, 6.07) is 20.5. The number of piperidine rings is 1. The van der Waals surface area contributed by atoms with E-state index in [-0.39, 0.29) is 36.2 Å². The zero-order valence-corrected chi connectivity index (χ0v) is 23.8. The molecule has 1 aliphatic rings. The average molecular weight is 564 g/mol. The molecule has 0 bridgehead atoms. The van der Waals surface area contributed by atoms with Crippen LogP contribution in [-0.4, -0.2) is 53.5 Å². The maximum atomic E-state index is 12.5. The van der Waals surface area contributed by atoms with Gasteiger partial charge in [0.25, 0.3) is 10.1 Å². The molecule has 3 aromatic rings. The lowest BCUT2D eigenvalue weighted by molar-refractivity contribution is -0.123. The van der Waals surface area contributed by atoms with E-state index in [0.29, 0.717) is 12.1 Å². The second-order valence-corrected chi connectivity index (χ2v) is 12.1. The molecule has 1 aromatic heterocycles. The monoisotopic (exact) mass is 563 g/mol. The second kappa shape index (κ2) is 13.2. The van der Waals surface area contributed by atoms with Crippen LogP contribution in [-0.2, 0) is 14.9 Å². The smallest absolute Gasteiger partial charge is 0.264 e. The molecular weight excluding hydrogens is 526 g/mol. The zero-order valence-electron chi connectivity index (χ0n) is 23.0. The molecule has 1 aliphatic heterocycles. The molecule has 0 aliphatic carbocycles. The Kier molecular flexibility index (Phi) is 9.71. The molecule has 2 heterocycles. The molecule has 1 saturated heterocycles. The van der Waals surface area contributed by atoms with E-state index in [2.05, 4.69) is 58.4 Å². The highest BCUT2D eigenvalue weighted by molar-refractivity contribution is 7.85. The Morgan fingerprint density at radius 2 is 1.77 bits per heavy atom. The minimum absolute atomic E-state index is 0.0132. The molecule has 0 radical (unpaired) electrons. The number of anilines is 1. The summed E-state index contributed by atoms with van der Waals surface area (Å²) in [4.78, 5) is 19.1. The second-order valence-electron chi connectivity index (χ2n) is 10.6.